The molecule has 0 atom stereocenters. The van der Waals surface area contributed by atoms with Crippen molar-refractivity contribution in [1.82, 2.24) is 19.6 Å². The molecule has 2 rings (SSSR count). The van der Waals surface area contributed by atoms with Gasteiger partial charge in [-0.1, -0.05) is 0 Å². The third kappa shape index (κ3) is 3.52. The average molecular weight is 269 g/mol. The van der Waals surface area contributed by atoms with Crippen molar-refractivity contribution in [3.63, 3.8) is 0 Å². The van der Waals surface area contributed by atoms with Gasteiger partial charge >= 0.3 is 0 Å². The van der Waals surface area contributed by atoms with Gasteiger partial charge in [-0.15, -0.1) is 0 Å². The van der Waals surface area contributed by atoms with Crippen LogP contribution in [-0.4, -0.2) is 26.0 Å². The molecule has 19 heavy (non-hydrogen) atoms. The van der Waals surface area contributed by atoms with E-state index in [-0.39, 0.29) is 12.6 Å². The second kappa shape index (κ2) is 5.81. The quantitative estimate of drug-likeness (QED) is 0.876. The van der Waals surface area contributed by atoms with E-state index in [2.05, 4.69) is 29.4 Å². The van der Waals surface area contributed by atoms with E-state index in [0.717, 1.165) is 11.4 Å². The van der Waals surface area contributed by atoms with Gasteiger partial charge in [0, 0.05) is 18.4 Å². The van der Waals surface area contributed by atoms with E-state index in [0.29, 0.717) is 6.54 Å². The fourth-order valence-corrected chi connectivity index (χ4v) is 1.84. The normalized spacial score (nSPS) is 11.5. The SMILES string of the molecule is CC(C)n1nccc1CNc1cnn(CC(F)F)c1. The van der Waals surface area contributed by atoms with Crippen LogP contribution in [-0.2, 0) is 13.1 Å². The minimum atomic E-state index is -2.39. The highest BCUT2D eigenvalue weighted by Gasteiger charge is 2.08. The van der Waals surface area contributed by atoms with Gasteiger partial charge in [-0.05, 0) is 19.9 Å². The molecule has 0 radical (unpaired) electrons. The third-order valence-corrected chi connectivity index (χ3v) is 2.67. The Morgan fingerprint density at radius 1 is 1.32 bits per heavy atom. The molecule has 0 unspecified atom stereocenters. The van der Waals surface area contributed by atoms with Crippen LogP contribution in [0.25, 0.3) is 0 Å². The second-order valence-electron chi connectivity index (χ2n) is 4.56. The number of alkyl halides is 2. The van der Waals surface area contributed by atoms with Crippen LogP contribution in [0.2, 0.25) is 0 Å². The molecule has 0 fully saturated rings. The second-order valence-corrected chi connectivity index (χ2v) is 4.56. The number of nitrogens with one attached hydrogen (secondary N) is 1. The standard InChI is InChI=1S/C12H17F2N5/c1-9(2)19-11(3-4-16-19)6-15-10-5-17-18(7-10)8-12(13)14/h3-5,7,9,12,15H,6,8H2,1-2H3. The predicted octanol–water partition coefficient (Wildman–Crippen LogP) is 2.54. The van der Waals surface area contributed by atoms with Crippen molar-refractivity contribution in [2.75, 3.05) is 5.32 Å². The molecule has 0 amide bonds. The van der Waals surface area contributed by atoms with E-state index >= 15 is 0 Å². The summed E-state index contributed by atoms with van der Waals surface area (Å²) >= 11 is 0. The van der Waals surface area contributed by atoms with E-state index in [4.69, 9.17) is 0 Å². The first kappa shape index (κ1) is 13.5. The van der Waals surface area contributed by atoms with Crippen molar-refractivity contribution < 1.29 is 8.78 Å². The molecule has 2 heterocycles. The number of aromatic nitrogens is 4. The lowest BCUT2D eigenvalue weighted by Crippen LogP contribution is -2.10. The first-order valence-corrected chi connectivity index (χ1v) is 6.13. The first-order valence-electron chi connectivity index (χ1n) is 6.13. The van der Waals surface area contributed by atoms with Gasteiger partial charge in [0.15, 0.2) is 0 Å². The Morgan fingerprint density at radius 3 is 2.79 bits per heavy atom. The Labute approximate surface area is 110 Å². The van der Waals surface area contributed by atoms with Crippen molar-refractivity contribution in [2.24, 2.45) is 0 Å². The molecule has 0 aliphatic rings. The van der Waals surface area contributed by atoms with E-state index in [1.807, 2.05) is 10.7 Å². The lowest BCUT2D eigenvalue weighted by molar-refractivity contribution is 0.122. The Kier molecular flexibility index (Phi) is 4.13. The zero-order valence-electron chi connectivity index (χ0n) is 10.9. The summed E-state index contributed by atoms with van der Waals surface area (Å²) in [6, 6.07) is 2.21. The first-order chi connectivity index (χ1) is 9.06. The smallest absolute Gasteiger partial charge is 0.257 e. The maximum absolute atomic E-state index is 12.2. The van der Waals surface area contributed by atoms with E-state index < -0.39 is 6.43 Å². The highest BCUT2D eigenvalue weighted by atomic mass is 19.3. The summed E-state index contributed by atoms with van der Waals surface area (Å²) in [5.74, 6) is 0. The molecule has 0 bridgehead atoms. The molecular formula is C12H17F2N5. The van der Waals surface area contributed by atoms with Crippen LogP contribution >= 0.6 is 0 Å². The summed E-state index contributed by atoms with van der Waals surface area (Å²) in [6.45, 7) is 4.30. The molecule has 104 valence electrons. The number of anilines is 1. The van der Waals surface area contributed by atoms with Crippen LogP contribution < -0.4 is 5.32 Å². The Balaban J connectivity index is 1.95. The van der Waals surface area contributed by atoms with Gasteiger partial charge < -0.3 is 5.32 Å². The number of halogens is 2. The zero-order chi connectivity index (χ0) is 13.8. The summed E-state index contributed by atoms with van der Waals surface area (Å²) in [4.78, 5) is 0. The monoisotopic (exact) mass is 269 g/mol. The topological polar surface area (TPSA) is 47.7 Å². The molecule has 0 spiro atoms. The van der Waals surface area contributed by atoms with Crippen molar-refractivity contribution in [3.05, 3.63) is 30.4 Å². The van der Waals surface area contributed by atoms with Crippen molar-refractivity contribution in [3.8, 4) is 0 Å². The summed E-state index contributed by atoms with van der Waals surface area (Å²) in [5, 5.41) is 11.2. The maximum atomic E-state index is 12.2. The van der Waals surface area contributed by atoms with Gasteiger partial charge in [0.2, 0.25) is 0 Å². The zero-order valence-corrected chi connectivity index (χ0v) is 10.9. The van der Waals surface area contributed by atoms with Crippen LogP contribution in [0.15, 0.2) is 24.7 Å². The van der Waals surface area contributed by atoms with E-state index in [1.165, 1.54) is 4.68 Å². The fraction of sp³-hybridized carbons (Fsp3) is 0.500. The van der Waals surface area contributed by atoms with E-state index in [9.17, 15) is 8.78 Å². The molecule has 0 saturated carbocycles. The minimum Gasteiger partial charge on any atom is -0.377 e. The predicted molar refractivity (Wildman–Crippen MR) is 68.2 cm³/mol. The number of hydrogen-bond donors (Lipinski definition) is 1. The van der Waals surface area contributed by atoms with Crippen LogP contribution in [0.4, 0.5) is 14.5 Å². The Hall–Kier alpha value is -1.92. The minimum absolute atomic E-state index is 0.286. The lowest BCUT2D eigenvalue weighted by Gasteiger charge is -2.11. The van der Waals surface area contributed by atoms with Crippen molar-refractivity contribution in [2.45, 2.75) is 39.4 Å². The Bertz CT molecular complexity index is 518. The van der Waals surface area contributed by atoms with Gasteiger partial charge in [0.25, 0.3) is 6.43 Å². The van der Waals surface area contributed by atoms with Crippen molar-refractivity contribution >= 4 is 5.69 Å². The van der Waals surface area contributed by atoms with Crippen LogP contribution in [0.3, 0.4) is 0 Å². The van der Waals surface area contributed by atoms with Gasteiger partial charge in [-0.3, -0.25) is 9.36 Å². The molecule has 0 saturated heterocycles. The summed E-state index contributed by atoms with van der Waals surface area (Å²) in [6.07, 6.45) is 2.47. The molecule has 5 nitrogen and oxygen atoms in total. The van der Waals surface area contributed by atoms with Gasteiger partial charge in [-0.2, -0.15) is 10.2 Å². The molecule has 0 aliphatic carbocycles. The Morgan fingerprint density at radius 2 is 2.11 bits per heavy atom. The van der Waals surface area contributed by atoms with Gasteiger partial charge in [0.05, 0.1) is 24.1 Å². The molecule has 7 heteroatoms. The molecule has 2 aromatic heterocycles. The molecule has 2 aromatic rings. The van der Waals surface area contributed by atoms with Crippen LogP contribution in [0, 0.1) is 0 Å². The fourth-order valence-electron chi connectivity index (χ4n) is 1.84. The highest BCUT2D eigenvalue weighted by molar-refractivity contribution is 5.38. The summed E-state index contributed by atoms with van der Waals surface area (Å²) < 4.78 is 27.5. The largest absolute Gasteiger partial charge is 0.377 e. The summed E-state index contributed by atoms with van der Waals surface area (Å²) in [5.41, 5.74) is 1.76. The third-order valence-electron chi connectivity index (χ3n) is 2.67. The van der Waals surface area contributed by atoms with Crippen LogP contribution in [0.1, 0.15) is 25.6 Å². The average Bonchev–Trinajstić information content (AvgIpc) is 2.93. The molecule has 0 aliphatic heterocycles. The van der Waals surface area contributed by atoms with E-state index in [1.54, 1.807) is 18.6 Å². The number of rotatable bonds is 6. The summed E-state index contributed by atoms with van der Waals surface area (Å²) in [7, 11) is 0. The molecular weight excluding hydrogens is 252 g/mol. The highest BCUT2D eigenvalue weighted by Crippen LogP contribution is 2.12. The lowest BCUT2D eigenvalue weighted by atomic mass is 10.3. The maximum Gasteiger partial charge on any atom is 0.257 e. The number of nitrogens with zero attached hydrogens (tertiary/aromatic N) is 4. The van der Waals surface area contributed by atoms with Gasteiger partial charge in [0.1, 0.15) is 6.54 Å². The van der Waals surface area contributed by atoms with Crippen molar-refractivity contribution in [1.29, 1.82) is 0 Å². The number of hydrogen-bond acceptors (Lipinski definition) is 3. The van der Waals surface area contributed by atoms with Gasteiger partial charge in [-0.25, -0.2) is 8.78 Å². The molecule has 0 aromatic carbocycles. The van der Waals surface area contributed by atoms with Crippen LogP contribution in [0.5, 0.6) is 0 Å². The molecule has 1 N–H and O–H groups in total.